The molecule has 1 aromatic carbocycles. The molecule has 1 aliphatic rings. The summed E-state index contributed by atoms with van der Waals surface area (Å²) in [5.41, 5.74) is 6.96. The smallest absolute Gasteiger partial charge is 0.337 e. The fourth-order valence-electron chi connectivity index (χ4n) is 2.57. The third-order valence-electron chi connectivity index (χ3n) is 3.84. The maximum atomic E-state index is 11.4. The van der Waals surface area contributed by atoms with Crippen LogP contribution in [0.1, 0.15) is 10.4 Å². The van der Waals surface area contributed by atoms with Crippen LogP contribution in [0.2, 0.25) is 0 Å². The van der Waals surface area contributed by atoms with Crippen LogP contribution in [0.25, 0.3) is 10.4 Å². The van der Waals surface area contributed by atoms with Gasteiger partial charge < -0.3 is 10.6 Å². The fourth-order valence-corrected chi connectivity index (χ4v) is 4.60. The molecule has 0 spiro atoms. The molecular weight excluding hydrogens is 350 g/mol. The Morgan fingerprint density at radius 3 is 2.38 bits per heavy atom. The number of hydrogen-bond acceptors (Lipinski definition) is 6. The molecule has 0 saturated carbocycles. The number of rotatable bonds is 4. The molecule has 7 nitrogen and oxygen atoms in total. The Kier molecular flexibility index (Phi) is 4.63. The van der Waals surface area contributed by atoms with Crippen molar-refractivity contribution in [1.29, 1.82) is 0 Å². The van der Waals surface area contributed by atoms with E-state index in [0.29, 0.717) is 16.4 Å². The Morgan fingerprint density at radius 2 is 1.88 bits per heavy atom. The summed E-state index contributed by atoms with van der Waals surface area (Å²) in [5.74, 6) is 0.531. The van der Waals surface area contributed by atoms with Crippen LogP contribution in [0.4, 0.5) is 10.7 Å². The van der Waals surface area contributed by atoms with Crippen molar-refractivity contribution >= 4 is 38.7 Å². The van der Waals surface area contributed by atoms with Gasteiger partial charge in [-0.3, -0.25) is 19.1 Å². The van der Waals surface area contributed by atoms with Crippen molar-refractivity contribution < 1.29 is 13.9 Å². The summed E-state index contributed by atoms with van der Waals surface area (Å²) in [6, 6.07) is 9.05. The van der Waals surface area contributed by atoms with Crippen molar-refractivity contribution in [2.45, 2.75) is 0 Å². The Morgan fingerprint density at radius 1 is 1.25 bits per heavy atom. The van der Waals surface area contributed by atoms with E-state index in [-0.39, 0.29) is 10.6 Å². The van der Waals surface area contributed by atoms with E-state index >= 15 is 0 Å². The molecule has 0 atom stereocenters. The van der Waals surface area contributed by atoms with E-state index in [0.717, 1.165) is 35.7 Å². The van der Waals surface area contributed by atoms with Gasteiger partial charge in [-0.15, -0.1) is 0 Å². The van der Waals surface area contributed by atoms with Gasteiger partial charge in [0.25, 0.3) is 5.91 Å². The third kappa shape index (κ3) is 3.31. The Balaban J connectivity index is 1.86. The minimum atomic E-state index is -0.804. The van der Waals surface area contributed by atoms with Crippen molar-refractivity contribution in [1.82, 2.24) is 0 Å². The fraction of sp³-hybridized carbons (Fsp3) is 0.267. The zero-order valence-electron chi connectivity index (χ0n) is 12.6. The second kappa shape index (κ2) is 6.70. The quantitative estimate of drug-likeness (QED) is 0.659. The highest BCUT2D eigenvalue weighted by atomic mass is 32.2. The lowest BCUT2D eigenvalue weighted by atomic mass is 10.1. The molecule has 1 fully saturated rings. The van der Waals surface area contributed by atoms with Crippen molar-refractivity contribution in [2.75, 3.05) is 29.5 Å². The van der Waals surface area contributed by atoms with Crippen LogP contribution in [0.5, 0.6) is 0 Å². The molecule has 2 aromatic rings. The van der Waals surface area contributed by atoms with Gasteiger partial charge in [-0.25, -0.2) is 0 Å². The predicted molar refractivity (Wildman–Crippen MR) is 95.0 cm³/mol. The summed E-state index contributed by atoms with van der Waals surface area (Å²) in [5, 5.41) is 10.8. The number of hydrogen-bond donors (Lipinski definition) is 1. The van der Waals surface area contributed by atoms with Gasteiger partial charge in [0.1, 0.15) is 5.56 Å². The SMILES string of the molecule is NC(=O)c1cc(-c2ccc(N3CCS(=O)CC3)cc2)sc1[N+](=O)[O-]. The van der Waals surface area contributed by atoms with Crippen LogP contribution in [0.15, 0.2) is 30.3 Å². The number of anilines is 1. The summed E-state index contributed by atoms with van der Waals surface area (Å²) >= 11 is 0.937. The van der Waals surface area contributed by atoms with Crippen molar-refractivity contribution in [3.63, 3.8) is 0 Å². The van der Waals surface area contributed by atoms with Crippen molar-refractivity contribution in [3.8, 4) is 10.4 Å². The van der Waals surface area contributed by atoms with E-state index in [2.05, 4.69) is 4.90 Å². The Hall–Kier alpha value is -2.26. The largest absolute Gasteiger partial charge is 0.370 e. The first-order chi connectivity index (χ1) is 11.5. The molecule has 9 heteroatoms. The molecule has 0 radical (unpaired) electrons. The van der Waals surface area contributed by atoms with Gasteiger partial charge in [0.2, 0.25) is 0 Å². The van der Waals surface area contributed by atoms with Crippen LogP contribution in [-0.2, 0) is 10.8 Å². The Labute approximate surface area is 144 Å². The average molecular weight is 365 g/mol. The number of benzene rings is 1. The molecule has 126 valence electrons. The first kappa shape index (κ1) is 16.6. The standard InChI is InChI=1S/C15H15N3O4S2/c16-14(19)12-9-13(23-15(12)18(20)21)10-1-3-11(4-2-10)17-5-7-24(22)8-6-17/h1-4,9H,5-8H2,(H2,16,19). The third-order valence-corrected chi connectivity index (χ3v) is 6.25. The van der Waals surface area contributed by atoms with E-state index in [4.69, 9.17) is 5.73 Å². The van der Waals surface area contributed by atoms with E-state index < -0.39 is 21.6 Å². The van der Waals surface area contributed by atoms with Crippen molar-refractivity contribution in [3.05, 3.63) is 46.0 Å². The van der Waals surface area contributed by atoms with Crippen LogP contribution in [0, 0.1) is 10.1 Å². The van der Waals surface area contributed by atoms with E-state index in [1.165, 1.54) is 6.07 Å². The number of nitrogens with two attached hydrogens (primary N) is 1. The first-order valence-electron chi connectivity index (χ1n) is 7.24. The van der Waals surface area contributed by atoms with Crippen LogP contribution < -0.4 is 10.6 Å². The molecule has 1 amide bonds. The van der Waals surface area contributed by atoms with Gasteiger partial charge >= 0.3 is 5.00 Å². The second-order valence-corrected chi connectivity index (χ2v) is 8.06. The zero-order chi connectivity index (χ0) is 17.3. The average Bonchev–Trinajstić information content (AvgIpc) is 3.02. The number of amides is 1. The molecule has 0 unspecified atom stereocenters. The minimum absolute atomic E-state index is 0.0670. The lowest BCUT2D eigenvalue weighted by Crippen LogP contribution is -2.37. The van der Waals surface area contributed by atoms with Crippen LogP contribution in [-0.4, -0.2) is 39.6 Å². The summed E-state index contributed by atoms with van der Waals surface area (Å²) in [7, 11) is -0.725. The van der Waals surface area contributed by atoms with Gasteiger partial charge in [-0.05, 0) is 23.8 Å². The van der Waals surface area contributed by atoms with E-state index in [1.807, 2.05) is 24.3 Å². The van der Waals surface area contributed by atoms with Crippen molar-refractivity contribution in [2.24, 2.45) is 5.73 Å². The van der Waals surface area contributed by atoms with Gasteiger partial charge in [0, 0.05) is 46.0 Å². The summed E-state index contributed by atoms with van der Waals surface area (Å²) in [6.45, 7) is 1.50. The summed E-state index contributed by atoms with van der Waals surface area (Å²) in [4.78, 5) is 24.6. The molecule has 1 aromatic heterocycles. The molecule has 2 heterocycles. The number of nitro groups is 1. The molecule has 3 rings (SSSR count). The lowest BCUT2D eigenvalue weighted by molar-refractivity contribution is -0.380. The van der Waals surface area contributed by atoms with Gasteiger partial charge in [-0.2, -0.15) is 0 Å². The molecule has 0 aliphatic carbocycles. The molecule has 2 N–H and O–H groups in total. The predicted octanol–water partition coefficient (Wildman–Crippen LogP) is 1.99. The minimum Gasteiger partial charge on any atom is -0.370 e. The number of carbonyl (C=O) groups excluding carboxylic acids is 1. The van der Waals surface area contributed by atoms with Gasteiger partial charge in [0.15, 0.2) is 0 Å². The summed E-state index contributed by atoms with van der Waals surface area (Å²) < 4.78 is 11.4. The summed E-state index contributed by atoms with van der Waals surface area (Å²) in [6.07, 6.45) is 0. The maximum absolute atomic E-state index is 11.4. The van der Waals surface area contributed by atoms with Crippen LogP contribution >= 0.6 is 11.3 Å². The second-order valence-electron chi connectivity index (χ2n) is 5.33. The first-order valence-corrected chi connectivity index (χ1v) is 9.54. The number of carbonyl (C=O) groups is 1. The maximum Gasteiger partial charge on any atom is 0.337 e. The monoisotopic (exact) mass is 365 g/mol. The molecule has 1 aliphatic heterocycles. The number of thiophene rings is 1. The molecule has 24 heavy (non-hydrogen) atoms. The normalized spacial score (nSPS) is 15.4. The number of primary amides is 1. The van der Waals surface area contributed by atoms with Gasteiger partial charge in [0.05, 0.1) is 4.92 Å². The van der Waals surface area contributed by atoms with Gasteiger partial charge in [-0.1, -0.05) is 23.5 Å². The molecule has 0 bridgehead atoms. The van der Waals surface area contributed by atoms with Crippen LogP contribution in [0.3, 0.4) is 0 Å². The zero-order valence-corrected chi connectivity index (χ0v) is 14.3. The highest BCUT2D eigenvalue weighted by molar-refractivity contribution is 7.85. The Bertz CT molecular complexity index is 775. The number of nitrogens with zero attached hydrogens (tertiary/aromatic N) is 2. The van der Waals surface area contributed by atoms with E-state index in [1.54, 1.807) is 0 Å². The molecule has 1 saturated heterocycles. The van der Waals surface area contributed by atoms with E-state index in [9.17, 15) is 19.1 Å². The molecular formula is C15H15N3O4S2. The topological polar surface area (TPSA) is 107 Å². The lowest BCUT2D eigenvalue weighted by Gasteiger charge is -2.28. The highest BCUT2D eigenvalue weighted by Crippen LogP contribution is 2.37. The highest BCUT2D eigenvalue weighted by Gasteiger charge is 2.23.